The van der Waals surface area contributed by atoms with E-state index in [1.165, 1.54) is 18.2 Å². The Balaban J connectivity index is 1.88. The molecule has 0 saturated carbocycles. The average molecular weight is 346 g/mol. The van der Waals surface area contributed by atoms with Crippen molar-refractivity contribution in [2.24, 2.45) is 0 Å². The van der Waals surface area contributed by atoms with Gasteiger partial charge in [0.1, 0.15) is 17.3 Å². The van der Waals surface area contributed by atoms with Crippen LogP contribution in [0, 0.1) is 5.82 Å². The third kappa shape index (κ3) is 5.76. The van der Waals surface area contributed by atoms with Gasteiger partial charge in [0.2, 0.25) is 0 Å². The number of methoxy groups -OCH3 is 1. The second-order valence-electron chi connectivity index (χ2n) is 5.80. The molecule has 1 atom stereocenters. The number of halogens is 1. The van der Waals surface area contributed by atoms with Crippen LogP contribution in [0.15, 0.2) is 48.5 Å². The smallest absolute Gasteiger partial charge is 0.258 e. The normalized spacial score (nSPS) is 11.9. The van der Waals surface area contributed by atoms with E-state index in [0.717, 1.165) is 11.3 Å². The first kappa shape index (κ1) is 18.7. The number of hydrogen-bond donors (Lipinski definition) is 1. The fourth-order valence-electron chi connectivity index (χ4n) is 2.39. The van der Waals surface area contributed by atoms with Gasteiger partial charge < -0.3 is 19.7 Å². The van der Waals surface area contributed by atoms with Crippen molar-refractivity contribution in [3.8, 4) is 11.5 Å². The summed E-state index contributed by atoms with van der Waals surface area (Å²) < 4.78 is 23.5. The molecule has 0 spiro atoms. The van der Waals surface area contributed by atoms with Crippen LogP contribution < -0.4 is 14.8 Å². The number of hydrogen-bond acceptors (Lipinski definition) is 4. The summed E-state index contributed by atoms with van der Waals surface area (Å²) in [5.41, 5.74) is 1.07. The fourth-order valence-corrected chi connectivity index (χ4v) is 2.39. The Morgan fingerprint density at radius 1 is 1.16 bits per heavy atom. The molecule has 1 unspecified atom stereocenters. The summed E-state index contributed by atoms with van der Waals surface area (Å²) in [5, 5.41) is 2.85. The average Bonchev–Trinajstić information content (AvgIpc) is 2.60. The molecular formula is C19H23FN2O3. The first-order valence-electron chi connectivity index (χ1n) is 7.95. The molecule has 1 amide bonds. The second kappa shape index (κ2) is 9.03. The van der Waals surface area contributed by atoms with E-state index in [2.05, 4.69) is 5.32 Å². The molecule has 0 saturated heterocycles. The van der Waals surface area contributed by atoms with Gasteiger partial charge in [0.15, 0.2) is 6.61 Å². The number of carbonyl (C=O) groups excluding carboxylic acids is 1. The summed E-state index contributed by atoms with van der Waals surface area (Å²) in [6.07, 6.45) is 0. The molecular weight excluding hydrogens is 323 g/mol. The van der Waals surface area contributed by atoms with Crippen LogP contribution in [-0.2, 0) is 4.79 Å². The molecule has 0 aliphatic rings. The zero-order valence-corrected chi connectivity index (χ0v) is 14.7. The number of benzene rings is 2. The number of nitrogens with one attached hydrogen (secondary N) is 1. The number of amides is 1. The van der Waals surface area contributed by atoms with E-state index in [4.69, 9.17) is 9.47 Å². The molecule has 0 aliphatic heterocycles. The van der Waals surface area contributed by atoms with E-state index < -0.39 is 5.82 Å². The molecule has 5 nitrogen and oxygen atoms in total. The van der Waals surface area contributed by atoms with Gasteiger partial charge in [-0.15, -0.1) is 0 Å². The Morgan fingerprint density at radius 2 is 1.88 bits per heavy atom. The first-order chi connectivity index (χ1) is 12.0. The lowest BCUT2D eigenvalue weighted by Gasteiger charge is -2.25. The van der Waals surface area contributed by atoms with Crippen molar-refractivity contribution in [3.05, 3.63) is 59.9 Å². The number of carbonyl (C=O) groups is 1. The quantitative estimate of drug-likeness (QED) is 0.798. The zero-order chi connectivity index (χ0) is 18.2. The minimum atomic E-state index is -0.398. The minimum absolute atomic E-state index is 0.0176. The van der Waals surface area contributed by atoms with Crippen molar-refractivity contribution in [3.63, 3.8) is 0 Å². The van der Waals surface area contributed by atoms with Crippen LogP contribution in [0.1, 0.15) is 11.6 Å². The Hall–Kier alpha value is -2.60. The van der Waals surface area contributed by atoms with E-state index in [9.17, 15) is 9.18 Å². The molecule has 25 heavy (non-hydrogen) atoms. The van der Waals surface area contributed by atoms with Crippen molar-refractivity contribution in [1.82, 2.24) is 10.2 Å². The van der Waals surface area contributed by atoms with E-state index in [1.807, 2.05) is 43.3 Å². The summed E-state index contributed by atoms with van der Waals surface area (Å²) >= 11 is 0. The van der Waals surface area contributed by atoms with Crippen molar-refractivity contribution in [2.75, 3.05) is 34.4 Å². The molecule has 134 valence electrons. The van der Waals surface area contributed by atoms with Crippen LogP contribution in [0.2, 0.25) is 0 Å². The standard InChI is InChI=1S/C19H23FN2O3/c1-22(2)18(14-7-9-16(24-3)10-8-14)12-21-19(23)13-25-17-6-4-5-15(20)11-17/h4-11,18H,12-13H2,1-3H3,(H,21,23). The maximum absolute atomic E-state index is 13.1. The molecule has 0 aliphatic carbocycles. The minimum Gasteiger partial charge on any atom is -0.497 e. The third-order valence-corrected chi connectivity index (χ3v) is 3.78. The van der Waals surface area contributed by atoms with Gasteiger partial charge in [-0.25, -0.2) is 4.39 Å². The van der Waals surface area contributed by atoms with Crippen molar-refractivity contribution < 1.29 is 18.7 Å². The molecule has 0 aromatic heterocycles. The van der Waals surface area contributed by atoms with Gasteiger partial charge in [-0.1, -0.05) is 18.2 Å². The predicted octanol–water partition coefficient (Wildman–Crippen LogP) is 2.63. The van der Waals surface area contributed by atoms with E-state index in [-0.39, 0.29) is 18.6 Å². The van der Waals surface area contributed by atoms with Crippen molar-refractivity contribution in [1.29, 1.82) is 0 Å². The lowest BCUT2D eigenvalue weighted by atomic mass is 10.1. The SMILES string of the molecule is COc1ccc(C(CNC(=O)COc2cccc(F)c2)N(C)C)cc1. The van der Waals surface area contributed by atoms with Gasteiger partial charge in [-0.2, -0.15) is 0 Å². The number of likely N-dealkylation sites (N-methyl/N-ethyl adjacent to an activating group) is 1. The highest BCUT2D eigenvalue weighted by Crippen LogP contribution is 2.20. The summed E-state index contributed by atoms with van der Waals surface area (Å²) in [5.74, 6) is 0.456. The van der Waals surface area contributed by atoms with Gasteiger partial charge in [-0.3, -0.25) is 4.79 Å². The maximum Gasteiger partial charge on any atom is 0.258 e. The second-order valence-corrected chi connectivity index (χ2v) is 5.80. The van der Waals surface area contributed by atoms with Crippen LogP contribution in [0.5, 0.6) is 11.5 Å². The molecule has 0 radical (unpaired) electrons. The van der Waals surface area contributed by atoms with E-state index in [1.54, 1.807) is 13.2 Å². The van der Waals surface area contributed by atoms with Crippen LogP contribution in [0.4, 0.5) is 4.39 Å². The van der Waals surface area contributed by atoms with Crippen molar-refractivity contribution in [2.45, 2.75) is 6.04 Å². The molecule has 0 fully saturated rings. The zero-order valence-electron chi connectivity index (χ0n) is 14.7. The Morgan fingerprint density at radius 3 is 2.48 bits per heavy atom. The summed E-state index contributed by atoms with van der Waals surface area (Å²) in [4.78, 5) is 14.0. The van der Waals surface area contributed by atoms with Crippen LogP contribution in [0.3, 0.4) is 0 Å². The number of nitrogens with zero attached hydrogens (tertiary/aromatic N) is 1. The summed E-state index contributed by atoms with van der Waals surface area (Å²) in [6, 6.07) is 13.4. The molecule has 2 rings (SSSR count). The fraction of sp³-hybridized carbons (Fsp3) is 0.316. The highest BCUT2D eigenvalue weighted by molar-refractivity contribution is 5.77. The summed E-state index contributed by atoms with van der Waals surface area (Å²) in [6.45, 7) is 0.275. The van der Waals surface area contributed by atoms with Crippen LogP contribution in [-0.4, -0.2) is 45.2 Å². The van der Waals surface area contributed by atoms with Gasteiger partial charge in [0, 0.05) is 12.6 Å². The Kier molecular flexibility index (Phi) is 6.77. The highest BCUT2D eigenvalue weighted by Gasteiger charge is 2.15. The molecule has 2 aromatic carbocycles. The molecule has 0 heterocycles. The lowest BCUT2D eigenvalue weighted by molar-refractivity contribution is -0.123. The largest absolute Gasteiger partial charge is 0.497 e. The first-order valence-corrected chi connectivity index (χ1v) is 7.95. The topological polar surface area (TPSA) is 50.8 Å². The Labute approximate surface area is 147 Å². The molecule has 1 N–H and O–H groups in total. The van der Waals surface area contributed by atoms with Gasteiger partial charge >= 0.3 is 0 Å². The Bertz CT molecular complexity index is 689. The number of rotatable bonds is 8. The van der Waals surface area contributed by atoms with Gasteiger partial charge in [0.05, 0.1) is 13.2 Å². The van der Waals surface area contributed by atoms with Gasteiger partial charge in [-0.05, 0) is 43.9 Å². The van der Waals surface area contributed by atoms with E-state index >= 15 is 0 Å². The van der Waals surface area contributed by atoms with Crippen LogP contribution in [0.25, 0.3) is 0 Å². The number of ether oxygens (including phenoxy) is 2. The summed E-state index contributed by atoms with van der Waals surface area (Å²) in [7, 11) is 5.52. The maximum atomic E-state index is 13.1. The highest BCUT2D eigenvalue weighted by atomic mass is 19.1. The van der Waals surface area contributed by atoms with Crippen molar-refractivity contribution >= 4 is 5.91 Å². The molecule has 0 bridgehead atoms. The third-order valence-electron chi connectivity index (χ3n) is 3.78. The molecule has 2 aromatic rings. The monoisotopic (exact) mass is 346 g/mol. The van der Waals surface area contributed by atoms with E-state index in [0.29, 0.717) is 12.3 Å². The van der Waals surface area contributed by atoms with Gasteiger partial charge in [0.25, 0.3) is 5.91 Å². The lowest BCUT2D eigenvalue weighted by Crippen LogP contribution is -2.36. The molecule has 6 heteroatoms. The predicted molar refractivity (Wildman–Crippen MR) is 94.3 cm³/mol. The van der Waals surface area contributed by atoms with Crippen LogP contribution >= 0.6 is 0 Å².